The molecule has 0 bridgehead atoms. The van der Waals surface area contributed by atoms with Crippen molar-refractivity contribution in [2.24, 2.45) is 0 Å². The predicted octanol–water partition coefficient (Wildman–Crippen LogP) is 1.24. The second kappa shape index (κ2) is 7.54. The smallest absolute Gasteiger partial charge is 0.239 e. The van der Waals surface area contributed by atoms with Crippen LogP contribution in [0.25, 0.3) is 0 Å². The van der Waals surface area contributed by atoms with Gasteiger partial charge in [-0.15, -0.1) is 0 Å². The second-order valence-corrected chi connectivity index (χ2v) is 7.70. The number of halogens is 1. The molecule has 1 fully saturated rings. The molecule has 0 spiro atoms. The number of sulfone groups is 1. The first-order chi connectivity index (χ1) is 10.8. The minimum atomic E-state index is -3.85. The molecular formula is C15H19FN2O4S. The number of hydrogen-bond donors (Lipinski definition) is 2. The van der Waals surface area contributed by atoms with Crippen molar-refractivity contribution in [2.75, 3.05) is 16.8 Å². The van der Waals surface area contributed by atoms with Crippen LogP contribution in [-0.2, 0) is 19.4 Å². The van der Waals surface area contributed by atoms with Crippen LogP contribution in [0.3, 0.4) is 0 Å². The summed E-state index contributed by atoms with van der Waals surface area (Å²) in [7, 11) is -3.85. The van der Waals surface area contributed by atoms with Gasteiger partial charge in [-0.25, -0.2) is 12.8 Å². The minimum absolute atomic E-state index is 0.0331. The van der Waals surface area contributed by atoms with E-state index in [0.29, 0.717) is 5.69 Å². The van der Waals surface area contributed by atoms with Gasteiger partial charge in [0, 0.05) is 11.7 Å². The Morgan fingerprint density at radius 2 is 1.61 bits per heavy atom. The van der Waals surface area contributed by atoms with Crippen LogP contribution in [0.15, 0.2) is 24.3 Å². The van der Waals surface area contributed by atoms with E-state index in [1.165, 1.54) is 12.1 Å². The molecule has 1 saturated carbocycles. The minimum Gasteiger partial charge on any atom is -0.352 e. The Balaban J connectivity index is 1.83. The van der Waals surface area contributed by atoms with E-state index in [-0.39, 0.29) is 6.04 Å². The van der Waals surface area contributed by atoms with Gasteiger partial charge in [0.05, 0.1) is 0 Å². The van der Waals surface area contributed by atoms with E-state index in [1.807, 2.05) is 0 Å². The van der Waals surface area contributed by atoms with Crippen LogP contribution in [0.1, 0.15) is 25.7 Å². The summed E-state index contributed by atoms with van der Waals surface area (Å²) >= 11 is 0. The summed E-state index contributed by atoms with van der Waals surface area (Å²) in [5, 5.41) is 5.03. The Morgan fingerprint density at radius 3 is 2.22 bits per heavy atom. The molecule has 0 saturated heterocycles. The maximum Gasteiger partial charge on any atom is 0.239 e. The number of carbonyl (C=O) groups is 2. The van der Waals surface area contributed by atoms with Gasteiger partial charge in [-0.2, -0.15) is 0 Å². The average molecular weight is 342 g/mol. The molecule has 23 heavy (non-hydrogen) atoms. The van der Waals surface area contributed by atoms with Gasteiger partial charge < -0.3 is 10.6 Å². The highest BCUT2D eigenvalue weighted by Crippen LogP contribution is 2.17. The molecule has 1 aliphatic carbocycles. The number of nitrogens with one attached hydrogen (secondary N) is 2. The normalized spacial score (nSPS) is 15.3. The van der Waals surface area contributed by atoms with Crippen LogP contribution in [0.2, 0.25) is 0 Å². The van der Waals surface area contributed by atoms with E-state index in [1.54, 1.807) is 0 Å². The summed E-state index contributed by atoms with van der Waals surface area (Å²) < 4.78 is 36.5. The van der Waals surface area contributed by atoms with Crippen molar-refractivity contribution in [3.8, 4) is 0 Å². The van der Waals surface area contributed by atoms with Crippen molar-refractivity contribution in [3.05, 3.63) is 30.1 Å². The van der Waals surface area contributed by atoms with Crippen molar-refractivity contribution in [1.29, 1.82) is 0 Å². The third kappa shape index (κ3) is 5.97. The lowest BCUT2D eigenvalue weighted by Gasteiger charge is -2.12. The molecule has 126 valence electrons. The first kappa shape index (κ1) is 17.4. The fourth-order valence-corrected chi connectivity index (χ4v) is 3.58. The van der Waals surface area contributed by atoms with Crippen LogP contribution in [-0.4, -0.2) is 37.8 Å². The molecule has 2 N–H and O–H groups in total. The molecule has 0 aliphatic heterocycles. The zero-order valence-corrected chi connectivity index (χ0v) is 13.4. The Hall–Kier alpha value is -1.96. The fraction of sp³-hybridized carbons (Fsp3) is 0.467. The highest BCUT2D eigenvalue weighted by atomic mass is 32.2. The quantitative estimate of drug-likeness (QED) is 0.813. The van der Waals surface area contributed by atoms with Gasteiger partial charge in [0.2, 0.25) is 11.8 Å². The van der Waals surface area contributed by atoms with E-state index in [2.05, 4.69) is 10.6 Å². The molecule has 8 heteroatoms. The number of benzene rings is 1. The molecule has 0 aromatic heterocycles. The lowest BCUT2D eigenvalue weighted by atomic mass is 10.2. The highest BCUT2D eigenvalue weighted by molar-refractivity contribution is 7.92. The third-order valence-corrected chi connectivity index (χ3v) is 4.95. The second-order valence-electron chi connectivity index (χ2n) is 5.64. The Morgan fingerprint density at radius 1 is 1.04 bits per heavy atom. The molecule has 0 radical (unpaired) electrons. The number of anilines is 1. The van der Waals surface area contributed by atoms with Crippen LogP contribution in [0.4, 0.5) is 10.1 Å². The van der Waals surface area contributed by atoms with Crippen LogP contribution in [0.5, 0.6) is 0 Å². The fourth-order valence-electron chi connectivity index (χ4n) is 2.52. The summed E-state index contributed by atoms with van der Waals surface area (Å²) in [5.41, 5.74) is 0.294. The molecule has 1 aliphatic rings. The number of amides is 2. The first-order valence-electron chi connectivity index (χ1n) is 7.39. The van der Waals surface area contributed by atoms with Crippen molar-refractivity contribution < 1.29 is 22.4 Å². The SMILES string of the molecule is O=C(CS(=O)(=O)CC(=O)NC1CCCC1)Nc1ccc(F)cc1. The first-order valence-corrected chi connectivity index (χ1v) is 9.21. The van der Waals surface area contributed by atoms with Gasteiger partial charge in [0.1, 0.15) is 17.3 Å². The van der Waals surface area contributed by atoms with Gasteiger partial charge in [-0.05, 0) is 37.1 Å². The largest absolute Gasteiger partial charge is 0.352 e. The molecule has 1 aromatic carbocycles. The van der Waals surface area contributed by atoms with E-state index in [4.69, 9.17) is 0 Å². The number of hydrogen-bond acceptors (Lipinski definition) is 4. The predicted molar refractivity (Wildman–Crippen MR) is 84.1 cm³/mol. The molecular weight excluding hydrogens is 323 g/mol. The number of rotatable bonds is 6. The molecule has 2 amide bonds. The zero-order valence-electron chi connectivity index (χ0n) is 12.5. The summed E-state index contributed by atoms with van der Waals surface area (Å²) in [6.45, 7) is 0. The average Bonchev–Trinajstić information content (AvgIpc) is 2.92. The zero-order chi connectivity index (χ0) is 16.9. The molecule has 1 aromatic rings. The number of carbonyl (C=O) groups excluding carboxylic acids is 2. The van der Waals surface area contributed by atoms with E-state index in [0.717, 1.165) is 37.8 Å². The monoisotopic (exact) mass is 342 g/mol. The van der Waals surface area contributed by atoms with Crippen molar-refractivity contribution in [3.63, 3.8) is 0 Å². The summed E-state index contributed by atoms with van der Waals surface area (Å²) in [6, 6.07) is 4.99. The molecule has 0 unspecified atom stereocenters. The van der Waals surface area contributed by atoms with Crippen molar-refractivity contribution in [1.82, 2.24) is 5.32 Å². The summed E-state index contributed by atoms with van der Waals surface area (Å²) in [6.07, 6.45) is 3.77. The summed E-state index contributed by atoms with van der Waals surface area (Å²) in [4.78, 5) is 23.5. The Kier molecular flexibility index (Phi) is 5.70. The molecule has 2 rings (SSSR count). The topological polar surface area (TPSA) is 92.3 Å². The van der Waals surface area contributed by atoms with Gasteiger partial charge >= 0.3 is 0 Å². The maximum atomic E-state index is 12.8. The standard InChI is InChI=1S/C15H19FN2O4S/c16-11-5-7-13(8-6-11)18-15(20)10-23(21,22)9-14(19)17-12-3-1-2-4-12/h5-8,12H,1-4,9-10H2,(H,17,19)(H,18,20). The lowest BCUT2D eigenvalue weighted by Crippen LogP contribution is -2.38. The van der Waals surface area contributed by atoms with E-state index in [9.17, 15) is 22.4 Å². The van der Waals surface area contributed by atoms with Crippen molar-refractivity contribution >= 4 is 27.3 Å². The van der Waals surface area contributed by atoms with Crippen LogP contribution in [0, 0.1) is 5.82 Å². The Labute approximate surface area is 134 Å². The van der Waals surface area contributed by atoms with E-state index >= 15 is 0 Å². The van der Waals surface area contributed by atoms with Gasteiger partial charge in [-0.3, -0.25) is 9.59 Å². The van der Waals surface area contributed by atoms with Crippen molar-refractivity contribution in [2.45, 2.75) is 31.7 Å². The summed E-state index contributed by atoms with van der Waals surface area (Å²) in [5.74, 6) is -3.29. The van der Waals surface area contributed by atoms with Gasteiger partial charge in [0.25, 0.3) is 0 Å². The molecule has 0 atom stereocenters. The third-order valence-electron chi connectivity index (χ3n) is 3.55. The molecule has 6 nitrogen and oxygen atoms in total. The van der Waals surface area contributed by atoms with E-state index < -0.39 is 39.0 Å². The maximum absolute atomic E-state index is 12.8. The lowest BCUT2D eigenvalue weighted by molar-refractivity contribution is -0.119. The Bertz CT molecular complexity index is 667. The van der Waals surface area contributed by atoms with Crippen LogP contribution < -0.4 is 10.6 Å². The molecule has 0 heterocycles. The van der Waals surface area contributed by atoms with Gasteiger partial charge in [-0.1, -0.05) is 12.8 Å². The van der Waals surface area contributed by atoms with Gasteiger partial charge in [0.15, 0.2) is 9.84 Å². The van der Waals surface area contributed by atoms with Crippen LogP contribution >= 0.6 is 0 Å². The highest BCUT2D eigenvalue weighted by Gasteiger charge is 2.23.